The molecule has 0 spiro atoms. The molecule has 1 aromatic carbocycles. The van der Waals surface area contributed by atoms with Crippen LogP contribution in [0.4, 0.5) is 0 Å². The van der Waals surface area contributed by atoms with Gasteiger partial charge in [0.15, 0.2) is 0 Å². The molecule has 0 saturated carbocycles. The highest BCUT2D eigenvalue weighted by Gasteiger charge is 2.22. The molecule has 0 amide bonds. The quantitative estimate of drug-likeness (QED) is 0.694. The van der Waals surface area contributed by atoms with Gasteiger partial charge in [-0.15, -0.1) is 11.6 Å². The van der Waals surface area contributed by atoms with Gasteiger partial charge >= 0.3 is 0 Å². The van der Waals surface area contributed by atoms with Gasteiger partial charge < -0.3 is 4.42 Å². The average Bonchev–Trinajstić information content (AvgIpc) is 2.71. The third-order valence-electron chi connectivity index (χ3n) is 3.34. The van der Waals surface area contributed by atoms with E-state index in [1.165, 1.54) is 5.56 Å². The van der Waals surface area contributed by atoms with Gasteiger partial charge in [0.05, 0.1) is 5.88 Å². The van der Waals surface area contributed by atoms with Gasteiger partial charge in [0.1, 0.15) is 11.3 Å². The fourth-order valence-corrected chi connectivity index (χ4v) is 2.04. The number of benzene rings is 1. The van der Waals surface area contributed by atoms with E-state index >= 15 is 0 Å². The molecule has 86 valence electrons. The Morgan fingerprint density at radius 2 is 2.06 bits per heavy atom. The second kappa shape index (κ2) is 4.14. The number of furan rings is 1. The summed E-state index contributed by atoms with van der Waals surface area (Å²) in [7, 11) is 0. The zero-order chi connectivity index (χ0) is 11.8. The fraction of sp³-hybridized carbons (Fsp3) is 0.429. The molecule has 0 aliphatic rings. The van der Waals surface area contributed by atoms with Crippen molar-refractivity contribution < 1.29 is 4.42 Å². The SMILES string of the molecule is CCC(C)(C)c1cccc2cc(CCl)oc12. The van der Waals surface area contributed by atoms with Crippen molar-refractivity contribution in [3.05, 3.63) is 35.6 Å². The standard InChI is InChI=1S/C14H17ClO/c1-4-14(2,3)12-7-5-6-10-8-11(9-15)16-13(10)12/h5-8H,4,9H2,1-3H3. The number of hydrogen-bond donors (Lipinski definition) is 0. The maximum absolute atomic E-state index is 5.81. The lowest BCUT2D eigenvalue weighted by Crippen LogP contribution is -2.15. The van der Waals surface area contributed by atoms with Gasteiger partial charge in [0.25, 0.3) is 0 Å². The number of rotatable bonds is 3. The van der Waals surface area contributed by atoms with Crippen LogP contribution >= 0.6 is 11.6 Å². The molecule has 0 saturated heterocycles. The van der Waals surface area contributed by atoms with Crippen LogP contribution in [0.5, 0.6) is 0 Å². The summed E-state index contributed by atoms with van der Waals surface area (Å²) in [5, 5.41) is 1.15. The second-order valence-electron chi connectivity index (χ2n) is 4.81. The number of alkyl halides is 1. The zero-order valence-electron chi connectivity index (χ0n) is 10.0. The van der Waals surface area contributed by atoms with Crippen LogP contribution in [0.3, 0.4) is 0 Å². The first-order chi connectivity index (χ1) is 7.58. The summed E-state index contributed by atoms with van der Waals surface area (Å²) >= 11 is 5.81. The van der Waals surface area contributed by atoms with Gasteiger partial charge in [-0.25, -0.2) is 0 Å². The molecule has 0 atom stereocenters. The third-order valence-corrected chi connectivity index (χ3v) is 3.60. The molecule has 2 aromatic rings. The van der Waals surface area contributed by atoms with Crippen LogP contribution in [0, 0.1) is 0 Å². The monoisotopic (exact) mass is 236 g/mol. The first-order valence-electron chi connectivity index (χ1n) is 5.66. The Kier molecular flexibility index (Phi) is 2.98. The second-order valence-corrected chi connectivity index (χ2v) is 5.07. The van der Waals surface area contributed by atoms with E-state index in [0.29, 0.717) is 5.88 Å². The Morgan fingerprint density at radius 3 is 2.69 bits per heavy atom. The Bertz CT molecular complexity index is 496. The van der Waals surface area contributed by atoms with Crippen LogP contribution in [-0.4, -0.2) is 0 Å². The average molecular weight is 237 g/mol. The van der Waals surface area contributed by atoms with E-state index in [4.69, 9.17) is 16.0 Å². The van der Waals surface area contributed by atoms with Gasteiger partial charge in [0.2, 0.25) is 0 Å². The lowest BCUT2D eigenvalue weighted by atomic mass is 9.81. The third kappa shape index (κ3) is 1.84. The predicted octanol–water partition coefficient (Wildman–Crippen LogP) is 4.86. The minimum absolute atomic E-state index is 0.140. The van der Waals surface area contributed by atoms with Crippen LogP contribution in [-0.2, 0) is 11.3 Å². The largest absolute Gasteiger partial charge is 0.459 e. The summed E-state index contributed by atoms with van der Waals surface area (Å²) in [5.41, 5.74) is 2.40. The smallest absolute Gasteiger partial charge is 0.138 e. The van der Waals surface area contributed by atoms with Gasteiger partial charge in [-0.05, 0) is 17.9 Å². The van der Waals surface area contributed by atoms with Crippen LogP contribution in [0.25, 0.3) is 11.0 Å². The molecule has 0 fully saturated rings. The highest BCUT2D eigenvalue weighted by Crippen LogP contribution is 2.34. The number of hydrogen-bond acceptors (Lipinski definition) is 1. The van der Waals surface area contributed by atoms with E-state index in [1.807, 2.05) is 6.07 Å². The summed E-state index contributed by atoms with van der Waals surface area (Å²) in [6.07, 6.45) is 1.09. The van der Waals surface area contributed by atoms with Crippen molar-refractivity contribution in [1.29, 1.82) is 0 Å². The van der Waals surface area contributed by atoms with E-state index in [1.54, 1.807) is 0 Å². The molecule has 1 heterocycles. The van der Waals surface area contributed by atoms with Crippen LogP contribution in [0.15, 0.2) is 28.7 Å². The Labute approximate surface area is 101 Å². The van der Waals surface area contributed by atoms with E-state index in [2.05, 4.69) is 39.0 Å². The molecule has 16 heavy (non-hydrogen) atoms. The van der Waals surface area contributed by atoms with Crippen LogP contribution < -0.4 is 0 Å². The van der Waals surface area contributed by atoms with Gasteiger partial charge in [-0.2, -0.15) is 0 Å². The first-order valence-corrected chi connectivity index (χ1v) is 6.20. The van der Waals surface area contributed by atoms with Crippen molar-refractivity contribution in [3.63, 3.8) is 0 Å². The molecular weight excluding hydrogens is 220 g/mol. The Hall–Kier alpha value is -0.950. The van der Waals surface area contributed by atoms with Crippen molar-refractivity contribution in [2.45, 2.75) is 38.5 Å². The van der Waals surface area contributed by atoms with Crippen molar-refractivity contribution in [1.82, 2.24) is 0 Å². The van der Waals surface area contributed by atoms with E-state index in [0.717, 1.165) is 23.2 Å². The number of fused-ring (bicyclic) bond motifs is 1. The molecule has 0 N–H and O–H groups in total. The molecule has 0 bridgehead atoms. The molecular formula is C14H17ClO. The molecule has 1 aromatic heterocycles. The Morgan fingerprint density at radius 1 is 1.31 bits per heavy atom. The lowest BCUT2D eigenvalue weighted by Gasteiger charge is -2.23. The van der Waals surface area contributed by atoms with Crippen molar-refractivity contribution in [2.24, 2.45) is 0 Å². The van der Waals surface area contributed by atoms with Gasteiger partial charge in [-0.3, -0.25) is 0 Å². The van der Waals surface area contributed by atoms with Crippen molar-refractivity contribution in [3.8, 4) is 0 Å². The van der Waals surface area contributed by atoms with E-state index < -0.39 is 0 Å². The number of halogens is 1. The fourth-order valence-electron chi connectivity index (χ4n) is 1.91. The summed E-state index contributed by atoms with van der Waals surface area (Å²) in [6.45, 7) is 6.68. The molecule has 0 radical (unpaired) electrons. The van der Waals surface area contributed by atoms with Crippen LogP contribution in [0.1, 0.15) is 38.5 Å². The normalized spacial score (nSPS) is 12.2. The topological polar surface area (TPSA) is 13.1 Å². The summed E-state index contributed by atoms with van der Waals surface area (Å²) in [5.74, 6) is 1.27. The number of para-hydroxylation sites is 1. The van der Waals surface area contributed by atoms with Crippen LogP contribution in [0.2, 0.25) is 0 Å². The minimum Gasteiger partial charge on any atom is -0.459 e. The summed E-state index contributed by atoms with van der Waals surface area (Å²) < 4.78 is 5.80. The van der Waals surface area contributed by atoms with E-state index in [-0.39, 0.29) is 5.41 Å². The molecule has 2 rings (SSSR count). The highest BCUT2D eigenvalue weighted by atomic mass is 35.5. The van der Waals surface area contributed by atoms with E-state index in [9.17, 15) is 0 Å². The molecule has 0 aliphatic carbocycles. The molecule has 2 heteroatoms. The molecule has 0 unspecified atom stereocenters. The maximum Gasteiger partial charge on any atom is 0.138 e. The molecule has 0 aliphatic heterocycles. The summed E-state index contributed by atoms with van der Waals surface area (Å²) in [4.78, 5) is 0. The first kappa shape index (κ1) is 11.5. The summed E-state index contributed by atoms with van der Waals surface area (Å²) in [6, 6.07) is 8.33. The minimum atomic E-state index is 0.140. The zero-order valence-corrected chi connectivity index (χ0v) is 10.8. The van der Waals surface area contributed by atoms with Crippen molar-refractivity contribution >= 4 is 22.6 Å². The van der Waals surface area contributed by atoms with Gasteiger partial charge in [0, 0.05) is 10.9 Å². The Balaban J connectivity index is 2.65. The lowest BCUT2D eigenvalue weighted by molar-refractivity contribution is 0.491. The predicted molar refractivity (Wildman–Crippen MR) is 69.1 cm³/mol. The molecule has 1 nitrogen and oxygen atoms in total. The van der Waals surface area contributed by atoms with Crippen molar-refractivity contribution in [2.75, 3.05) is 0 Å². The maximum atomic E-state index is 5.81. The highest BCUT2D eigenvalue weighted by molar-refractivity contribution is 6.17. The van der Waals surface area contributed by atoms with Gasteiger partial charge in [-0.1, -0.05) is 39.0 Å².